The second kappa shape index (κ2) is 8.10. The number of aromatic nitrogens is 2. The number of aryl methyl sites for hydroxylation is 1. The van der Waals surface area contributed by atoms with Crippen molar-refractivity contribution in [2.75, 3.05) is 6.54 Å². The van der Waals surface area contributed by atoms with E-state index < -0.39 is 0 Å². The number of hydrogen-bond acceptors (Lipinski definition) is 3. The van der Waals surface area contributed by atoms with Crippen LogP contribution in [-0.4, -0.2) is 27.6 Å². The van der Waals surface area contributed by atoms with Crippen molar-refractivity contribution >= 4 is 17.3 Å². The zero-order valence-electron chi connectivity index (χ0n) is 16.1. The van der Waals surface area contributed by atoms with Crippen molar-refractivity contribution in [1.82, 2.24) is 14.7 Å². The number of rotatable bonds is 6. The van der Waals surface area contributed by atoms with E-state index in [0.717, 1.165) is 16.9 Å². The Morgan fingerprint density at radius 3 is 2.41 bits per heavy atom. The van der Waals surface area contributed by atoms with E-state index in [2.05, 4.69) is 10.3 Å². The van der Waals surface area contributed by atoms with Gasteiger partial charge in [0.15, 0.2) is 5.78 Å². The molecular formula is C24H21N3O2. The van der Waals surface area contributed by atoms with Crippen molar-refractivity contribution < 1.29 is 9.59 Å². The highest BCUT2D eigenvalue weighted by Crippen LogP contribution is 2.15. The standard InChI is InChI=1S/C24H21N3O2/c1-17-9-11-18(12-10-17)23(28)20-6-2-3-7-21(20)24(29)25-14-13-19-16-27-15-5-4-8-22(27)26-19/h2-12,15-16H,13-14H2,1H3,(H,25,29). The Morgan fingerprint density at radius 1 is 0.931 bits per heavy atom. The van der Waals surface area contributed by atoms with Gasteiger partial charge in [0.1, 0.15) is 5.65 Å². The monoisotopic (exact) mass is 383 g/mol. The van der Waals surface area contributed by atoms with E-state index in [4.69, 9.17) is 0 Å². The molecule has 144 valence electrons. The zero-order valence-corrected chi connectivity index (χ0v) is 16.1. The van der Waals surface area contributed by atoms with Crippen LogP contribution in [-0.2, 0) is 6.42 Å². The fourth-order valence-corrected chi connectivity index (χ4v) is 3.25. The van der Waals surface area contributed by atoms with Gasteiger partial charge in [-0.05, 0) is 25.1 Å². The fraction of sp³-hybridized carbons (Fsp3) is 0.125. The third kappa shape index (κ3) is 4.09. The van der Waals surface area contributed by atoms with E-state index in [9.17, 15) is 9.59 Å². The van der Waals surface area contributed by atoms with Crippen LogP contribution in [0.4, 0.5) is 0 Å². The van der Waals surface area contributed by atoms with E-state index in [-0.39, 0.29) is 11.7 Å². The lowest BCUT2D eigenvalue weighted by molar-refractivity contribution is 0.0942. The van der Waals surface area contributed by atoms with Crippen molar-refractivity contribution in [3.63, 3.8) is 0 Å². The molecule has 0 aliphatic heterocycles. The predicted molar refractivity (Wildman–Crippen MR) is 112 cm³/mol. The summed E-state index contributed by atoms with van der Waals surface area (Å²) in [5.41, 5.74) is 4.22. The molecule has 0 saturated carbocycles. The van der Waals surface area contributed by atoms with Crippen molar-refractivity contribution in [3.8, 4) is 0 Å². The first kappa shape index (κ1) is 18.6. The number of ketones is 1. The zero-order chi connectivity index (χ0) is 20.2. The number of hydrogen-bond donors (Lipinski definition) is 1. The summed E-state index contributed by atoms with van der Waals surface area (Å²) in [5.74, 6) is -0.416. The highest BCUT2D eigenvalue weighted by Gasteiger charge is 2.17. The van der Waals surface area contributed by atoms with E-state index in [0.29, 0.717) is 29.7 Å². The van der Waals surface area contributed by atoms with Gasteiger partial charge in [0.05, 0.1) is 11.3 Å². The van der Waals surface area contributed by atoms with E-state index in [1.165, 1.54) is 0 Å². The molecule has 4 aromatic rings. The van der Waals surface area contributed by atoms with Crippen LogP contribution in [0.2, 0.25) is 0 Å². The number of fused-ring (bicyclic) bond motifs is 1. The van der Waals surface area contributed by atoms with Gasteiger partial charge < -0.3 is 9.72 Å². The number of carbonyl (C=O) groups excluding carboxylic acids is 2. The summed E-state index contributed by atoms with van der Waals surface area (Å²) in [6.07, 6.45) is 4.51. The van der Waals surface area contributed by atoms with Gasteiger partial charge in [-0.2, -0.15) is 0 Å². The summed E-state index contributed by atoms with van der Waals surface area (Å²) >= 11 is 0. The molecule has 0 unspecified atom stereocenters. The topological polar surface area (TPSA) is 63.5 Å². The van der Waals surface area contributed by atoms with Crippen LogP contribution in [0.3, 0.4) is 0 Å². The minimum Gasteiger partial charge on any atom is -0.352 e. The van der Waals surface area contributed by atoms with Crippen LogP contribution in [0.25, 0.3) is 5.65 Å². The normalized spacial score (nSPS) is 10.8. The molecule has 0 bridgehead atoms. The molecule has 0 aliphatic carbocycles. The summed E-state index contributed by atoms with van der Waals surface area (Å²) in [6, 6.07) is 20.1. The number of amides is 1. The molecule has 2 heterocycles. The van der Waals surface area contributed by atoms with Crippen LogP contribution in [0.1, 0.15) is 37.5 Å². The van der Waals surface area contributed by atoms with Crippen molar-refractivity contribution in [2.45, 2.75) is 13.3 Å². The lowest BCUT2D eigenvalue weighted by atomic mass is 9.97. The van der Waals surface area contributed by atoms with Crippen LogP contribution < -0.4 is 5.32 Å². The van der Waals surface area contributed by atoms with Gasteiger partial charge in [-0.1, -0.05) is 54.1 Å². The molecule has 2 aromatic heterocycles. The molecule has 1 amide bonds. The highest BCUT2D eigenvalue weighted by atomic mass is 16.2. The maximum Gasteiger partial charge on any atom is 0.252 e. The second-order valence-electron chi connectivity index (χ2n) is 6.94. The van der Waals surface area contributed by atoms with E-state index in [1.807, 2.05) is 54.0 Å². The summed E-state index contributed by atoms with van der Waals surface area (Å²) < 4.78 is 1.95. The van der Waals surface area contributed by atoms with Gasteiger partial charge in [-0.3, -0.25) is 9.59 Å². The summed E-state index contributed by atoms with van der Waals surface area (Å²) in [4.78, 5) is 30.1. The minimum atomic E-state index is -0.259. The third-order valence-corrected chi connectivity index (χ3v) is 4.81. The largest absolute Gasteiger partial charge is 0.352 e. The number of benzene rings is 2. The fourth-order valence-electron chi connectivity index (χ4n) is 3.25. The SMILES string of the molecule is Cc1ccc(C(=O)c2ccccc2C(=O)NCCc2cn3ccccc3n2)cc1. The van der Waals surface area contributed by atoms with Crippen molar-refractivity contribution in [2.24, 2.45) is 0 Å². The first-order valence-corrected chi connectivity index (χ1v) is 9.53. The molecule has 29 heavy (non-hydrogen) atoms. The van der Waals surface area contributed by atoms with Crippen molar-refractivity contribution in [1.29, 1.82) is 0 Å². The maximum absolute atomic E-state index is 12.9. The molecule has 0 saturated heterocycles. The van der Waals surface area contributed by atoms with Gasteiger partial charge >= 0.3 is 0 Å². The average Bonchev–Trinajstić information content (AvgIpc) is 3.16. The Hall–Kier alpha value is -3.73. The van der Waals surface area contributed by atoms with Gasteiger partial charge in [0.25, 0.3) is 5.91 Å². The number of nitrogens with zero attached hydrogens (tertiary/aromatic N) is 2. The second-order valence-corrected chi connectivity index (χ2v) is 6.94. The van der Waals surface area contributed by atoms with Crippen molar-refractivity contribution in [3.05, 3.63) is 107 Å². The molecule has 0 atom stereocenters. The lowest BCUT2D eigenvalue weighted by Gasteiger charge is -2.09. The van der Waals surface area contributed by atoms with E-state index in [1.54, 1.807) is 36.4 Å². The molecule has 4 rings (SSSR count). The van der Waals surface area contributed by atoms with Crippen LogP contribution in [0, 0.1) is 6.92 Å². The Labute approximate surface area is 169 Å². The molecule has 2 aromatic carbocycles. The Morgan fingerprint density at radius 2 is 1.66 bits per heavy atom. The Balaban J connectivity index is 1.46. The molecule has 5 nitrogen and oxygen atoms in total. The van der Waals surface area contributed by atoms with Gasteiger partial charge in [0.2, 0.25) is 0 Å². The quantitative estimate of drug-likeness (QED) is 0.515. The number of pyridine rings is 1. The van der Waals surface area contributed by atoms with Crippen LogP contribution >= 0.6 is 0 Å². The molecule has 1 N–H and O–H groups in total. The minimum absolute atomic E-state index is 0.156. The molecule has 5 heteroatoms. The molecule has 0 radical (unpaired) electrons. The molecular weight excluding hydrogens is 362 g/mol. The molecule has 0 spiro atoms. The molecule has 0 fully saturated rings. The predicted octanol–water partition coefficient (Wildman–Crippen LogP) is 3.85. The van der Waals surface area contributed by atoms with E-state index >= 15 is 0 Å². The maximum atomic E-state index is 12.9. The summed E-state index contributed by atoms with van der Waals surface area (Å²) in [7, 11) is 0. The number of carbonyl (C=O) groups is 2. The molecule has 0 aliphatic rings. The smallest absolute Gasteiger partial charge is 0.252 e. The first-order valence-electron chi connectivity index (χ1n) is 9.53. The number of imidazole rings is 1. The summed E-state index contributed by atoms with van der Waals surface area (Å²) in [5, 5.41) is 2.91. The van der Waals surface area contributed by atoms with Crippen LogP contribution in [0.15, 0.2) is 79.1 Å². The number of nitrogens with one attached hydrogen (secondary N) is 1. The van der Waals surface area contributed by atoms with Gasteiger partial charge in [-0.15, -0.1) is 0 Å². The highest BCUT2D eigenvalue weighted by molar-refractivity contribution is 6.15. The summed E-state index contributed by atoms with van der Waals surface area (Å²) in [6.45, 7) is 2.41. The van der Waals surface area contributed by atoms with Gasteiger partial charge in [-0.25, -0.2) is 4.98 Å². The average molecular weight is 383 g/mol. The Bertz CT molecular complexity index is 1140. The lowest BCUT2D eigenvalue weighted by Crippen LogP contribution is -2.27. The van der Waals surface area contributed by atoms with Crippen LogP contribution in [0.5, 0.6) is 0 Å². The van der Waals surface area contributed by atoms with Gasteiger partial charge in [0, 0.05) is 36.5 Å². The third-order valence-electron chi connectivity index (χ3n) is 4.81. The Kier molecular flexibility index (Phi) is 5.20. The first-order chi connectivity index (χ1) is 14.1.